The van der Waals surface area contributed by atoms with E-state index in [2.05, 4.69) is 191 Å². The van der Waals surface area contributed by atoms with Gasteiger partial charge in [-0.2, -0.15) is 0 Å². The summed E-state index contributed by atoms with van der Waals surface area (Å²) in [6, 6.07) is 64.9. The molecule has 0 atom stereocenters. The van der Waals surface area contributed by atoms with Crippen LogP contribution in [0.5, 0.6) is 0 Å². The van der Waals surface area contributed by atoms with Crippen molar-refractivity contribution in [2.24, 2.45) is 0 Å². The lowest BCUT2D eigenvalue weighted by atomic mass is 9.98. The predicted octanol–water partition coefficient (Wildman–Crippen LogP) is 11.6. The van der Waals surface area contributed by atoms with Crippen LogP contribution in [0.2, 0.25) is 0 Å². The van der Waals surface area contributed by atoms with Crippen LogP contribution in [0.3, 0.4) is 0 Å². The highest BCUT2D eigenvalue weighted by molar-refractivity contribution is 6.09. The van der Waals surface area contributed by atoms with Gasteiger partial charge in [0.1, 0.15) is 0 Å². The van der Waals surface area contributed by atoms with Gasteiger partial charge in [0.25, 0.3) is 0 Å². The topological polar surface area (TPSA) is 8.17 Å². The summed E-state index contributed by atoms with van der Waals surface area (Å²) < 4.78 is 2.40. The Balaban J connectivity index is 1.15. The normalized spacial score (nSPS) is 11.2. The first-order valence-corrected chi connectivity index (χ1v) is 15.0. The Bertz CT molecular complexity index is 2100. The van der Waals surface area contributed by atoms with E-state index in [1.807, 2.05) is 0 Å². The second kappa shape index (κ2) is 11.1. The molecule has 7 aromatic carbocycles. The molecule has 0 aliphatic heterocycles. The van der Waals surface area contributed by atoms with E-state index in [9.17, 15) is 0 Å². The maximum Gasteiger partial charge on any atom is 0.0541 e. The van der Waals surface area contributed by atoms with Crippen LogP contribution in [0.15, 0.2) is 182 Å². The van der Waals surface area contributed by atoms with Gasteiger partial charge in [0, 0.05) is 33.4 Å². The highest BCUT2D eigenvalue weighted by Crippen LogP contribution is 2.38. The second-order valence-corrected chi connectivity index (χ2v) is 11.0. The highest BCUT2D eigenvalue weighted by atomic mass is 15.1. The molecule has 0 spiro atoms. The van der Waals surface area contributed by atoms with E-state index in [0.717, 1.165) is 17.1 Å². The van der Waals surface area contributed by atoms with Crippen LogP contribution in [0.1, 0.15) is 0 Å². The molecule has 0 N–H and O–H groups in total. The molecule has 2 nitrogen and oxygen atoms in total. The van der Waals surface area contributed by atoms with Crippen molar-refractivity contribution in [1.29, 1.82) is 0 Å². The Morgan fingerprint density at radius 3 is 1.30 bits per heavy atom. The number of aromatic nitrogens is 1. The molecule has 8 rings (SSSR count). The fourth-order valence-electron chi connectivity index (χ4n) is 6.34. The standard InChI is InChI=1S/C42H30N2/c1-3-13-34(14-4-1)43(35-15-5-2-6-16-35)36-29-27-32(28-30-36)31-23-25-33(26-24-31)37-17-7-10-20-40(37)44-41-21-11-8-18-38(41)39-19-9-12-22-42(39)44/h1-30H. The number of fused-ring (bicyclic) bond motifs is 3. The first-order valence-electron chi connectivity index (χ1n) is 15.0. The molecule has 0 amide bonds. The van der Waals surface area contributed by atoms with Gasteiger partial charge in [-0.1, -0.05) is 127 Å². The summed E-state index contributed by atoms with van der Waals surface area (Å²) in [6.07, 6.45) is 0. The first-order chi connectivity index (χ1) is 21.8. The molecule has 0 bridgehead atoms. The molecule has 0 aliphatic carbocycles. The third kappa shape index (κ3) is 4.54. The molecule has 1 heterocycles. The van der Waals surface area contributed by atoms with E-state index in [4.69, 9.17) is 0 Å². The minimum atomic E-state index is 1.13. The Morgan fingerprint density at radius 1 is 0.318 bits per heavy atom. The smallest absolute Gasteiger partial charge is 0.0541 e. The number of para-hydroxylation sites is 5. The van der Waals surface area contributed by atoms with Crippen molar-refractivity contribution in [2.45, 2.75) is 0 Å². The molecule has 0 radical (unpaired) electrons. The SMILES string of the molecule is c1ccc(N(c2ccccc2)c2ccc(-c3ccc(-c4ccccc4-n4c5ccccc5c5ccccc54)cc3)cc2)cc1. The van der Waals surface area contributed by atoms with Crippen LogP contribution < -0.4 is 4.90 Å². The Kier molecular flexibility index (Phi) is 6.51. The van der Waals surface area contributed by atoms with Crippen LogP contribution in [0, 0.1) is 0 Å². The molecule has 0 aliphatic rings. The van der Waals surface area contributed by atoms with E-state index in [1.54, 1.807) is 0 Å². The molecule has 8 aromatic rings. The fourth-order valence-corrected chi connectivity index (χ4v) is 6.34. The summed E-state index contributed by atoms with van der Waals surface area (Å²) >= 11 is 0. The van der Waals surface area contributed by atoms with E-state index in [1.165, 1.54) is 49.7 Å². The van der Waals surface area contributed by atoms with Crippen LogP contribution in [0.4, 0.5) is 17.1 Å². The van der Waals surface area contributed by atoms with Crippen molar-refractivity contribution in [3.63, 3.8) is 0 Å². The minimum absolute atomic E-state index is 1.13. The summed E-state index contributed by atoms with van der Waals surface area (Å²) in [5.74, 6) is 0. The average Bonchev–Trinajstić information content (AvgIpc) is 3.44. The van der Waals surface area contributed by atoms with Gasteiger partial charge in [0.05, 0.1) is 16.7 Å². The van der Waals surface area contributed by atoms with Gasteiger partial charge in [-0.25, -0.2) is 0 Å². The van der Waals surface area contributed by atoms with Crippen molar-refractivity contribution in [2.75, 3.05) is 4.90 Å². The molecule has 0 saturated carbocycles. The van der Waals surface area contributed by atoms with Crippen LogP contribution in [-0.4, -0.2) is 4.57 Å². The molecular weight excluding hydrogens is 532 g/mol. The van der Waals surface area contributed by atoms with Crippen LogP contribution in [-0.2, 0) is 0 Å². The zero-order valence-corrected chi connectivity index (χ0v) is 24.2. The van der Waals surface area contributed by atoms with E-state index in [-0.39, 0.29) is 0 Å². The number of hydrogen-bond acceptors (Lipinski definition) is 1. The van der Waals surface area contributed by atoms with E-state index >= 15 is 0 Å². The first kappa shape index (κ1) is 25.8. The number of rotatable bonds is 6. The molecule has 44 heavy (non-hydrogen) atoms. The molecule has 0 fully saturated rings. The van der Waals surface area contributed by atoms with E-state index in [0.29, 0.717) is 0 Å². The summed E-state index contributed by atoms with van der Waals surface area (Å²) in [6.45, 7) is 0. The van der Waals surface area contributed by atoms with Gasteiger partial charge in [0.2, 0.25) is 0 Å². The maximum absolute atomic E-state index is 2.40. The quantitative estimate of drug-likeness (QED) is 0.196. The minimum Gasteiger partial charge on any atom is -0.311 e. The predicted molar refractivity (Wildman–Crippen MR) is 186 cm³/mol. The number of nitrogens with zero attached hydrogens (tertiary/aromatic N) is 2. The number of hydrogen-bond donors (Lipinski definition) is 0. The molecule has 208 valence electrons. The molecule has 1 aromatic heterocycles. The fraction of sp³-hybridized carbons (Fsp3) is 0. The average molecular weight is 563 g/mol. The zero-order valence-electron chi connectivity index (χ0n) is 24.2. The summed E-state index contributed by atoms with van der Waals surface area (Å²) in [5.41, 5.74) is 11.8. The van der Waals surface area contributed by atoms with Crippen molar-refractivity contribution < 1.29 is 0 Å². The lowest BCUT2D eigenvalue weighted by molar-refractivity contribution is 1.18. The van der Waals surface area contributed by atoms with Gasteiger partial charge < -0.3 is 9.47 Å². The van der Waals surface area contributed by atoms with Crippen molar-refractivity contribution in [1.82, 2.24) is 4.57 Å². The highest BCUT2D eigenvalue weighted by Gasteiger charge is 2.15. The summed E-state index contributed by atoms with van der Waals surface area (Å²) in [7, 11) is 0. The van der Waals surface area contributed by atoms with Crippen molar-refractivity contribution >= 4 is 38.9 Å². The molecule has 0 saturated heterocycles. The van der Waals surface area contributed by atoms with Crippen LogP contribution in [0.25, 0.3) is 49.7 Å². The number of benzene rings is 7. The zero-order chi connectivity index (χ0) is 29.3. The third-order valence-corrected chi connectivity index (χ3v) is 8.41. The molecule has 0 unspecified atom stereocenters. The Labute approximate surface area is 257 Å². The van der Waals surface area contributed by atoms with Gasteiger partial charge in [-0.05, 0) is 71.3 Å². The lowest BCUT2D eigenvalue weighted by Gasteiger charge is -2.25. The van der Waals surface area contributed by atoms with Gasteiger partial charge in [-0.3, -0.25) is 0 Å². The Morgan fingerprint density at radius 2 is 0.727 bits per heavy atom. The second-order valence-electron chi connectivity index (χ2n) is 11.0. The monoisotopic (exact) mass is 562 g/mol. The molecule has 2 heteroatoms. The van der Waals surface area contributed by atoms with Gasteiger partial charge in [-0.15, -0.1) is 0 Å². The van der Waals surface area contributed by atoms with E-state index < -0.39 is 0 Å². The largest absolute Gasteiger partial charge is 0.311 e. The maximum atomic E-state index is 2.40. The number of anilines is 3. The third-order valence-electron chi connectivity index (χ3n) is 8.41. The van der Waals surface area contributed by atoms with Crippen LogP contribution >= 0.6 is 0 Å². The lowest BCUT2D eigenvalue weighted by Crippen LogP contribution is -2.09. The molecular formula is C42H30N2. The van der Waals surface area contributed by atoms with Gasteiger partial charge in [0.15, 0.2) is 0 Å². The van der Waals surface area contributed by atoms with Gasteiger partial charge >= 0.3 is 0 Å². The summed E-state index contributed by atoms with van der Waals surface area (Å²) in [5, 5.41) is 2.55. The van der Waals surface area contributed by atoms with Crippen molar-refractivity contribution in [3.8, 4) is 27.9 Å². The Hall–Kier alpha value is -5.86. The summed E-state index contributed by atoms with van der Waals surface area (Å²) in [4.78, 5) is 2.29. The van der Waals surface area contributed by atoms with Crippen molar-refractivity contribution in [3.05, 3.63) is 182 Å².